The van der Waals surface area contributed by atoms with Crippen LogP contribution in [0.4, 0.5) is 5.69 Å². The molecule has 2 aromatic rings. The summed E-state index contributed by atoms with van der Waals surface area (Å²) in [4.78, 5) is 35.2. The van der Waals surface area contributed by atoms with Crippen molar-refractivity contribution in [1.29, 1.82) is 0 Å². The molecule has 124 valence electrons. The highest BCUT2D eigenvalue weighted by Crippen LogP contribution is 2.22. The van der Waals surface area contributed by atoms with E-state index in [1.807, 2.05) is 0 Å². The highest BCUT2D eigenvalue weighted by atomic mass is 16.5. The third-order valence-electron chi connectivity index (χ3n) is 3.22. The van der Waals surface area contributed by atoms with Gasteiger partial charge in [0.05, 0.1) is 18.4 Å². The number of benzene rings is 2. The van der Waals surface area contributed by atoms with E-state index in [0.717, 1.165) is 0 Å². The van der Waals surface area contributed by atoms with E-state index in [4.69, 9.17) is 9.47 Å². The molecule has 0 spiro atoms. The van der Waals surface area contributed by atoms with E-state index in [-0.39, 0.29) is 11.3 Å². The highest BCUT2D eigenvalue weighted by molar-refractivity contribution is 5.99. The van der Waals surface area contributed by atoms with Crippen molar-refractivity contribution in [1.82, 2.24) is 0 Å². The number of nitrogens with one attached hydrogen (secondary N) is 1. The first-order chi connectivity index (χ1) is 11.5. The molecule has 1 N–H and O–H groups in total. The molecule has 2 rings (SSSR count). The Hall–Kier alpha value is -3.15. The first-order valence-electron chi connectivity index (χ1n) is 7.22. The van der Waals surface area contributed by atoms with Crippen LogP contribution in [-0.2, 0) is 9.53 Å². The fraction of sp³-hybridized carbons (Fsp3) is 0.167. The molecule has 0 bridgehead atoms. The van der Waals surface area contributed by atoms with E-state index in [2.05, 4.69) is 5.32 Å². The predicted molar refractivity (Wildman–Crippen MR) is 88.4 cm³/mol. The Labute approximate surface area is 139 Å². The molecule has 2 aromatic carbocycles. The van der Waals surface area contributed by atoms with Crippen molar-refractivity contribution < 1.29 is 23.9 Å². The van der Waals surface area contributed by atoms with Gasteiger partial charge in [-0.1, -0.05) is 24.3 Å². The molecule has 6 heteroatoms. The number of para-hydroxylation sites is 2. The number of methoxy groups -OCH3 is 1. The Bertz CT molecular complexity index is 770. The summed E-state index contributed by atoms with van der Waals surface area (Å²) in [6, 6.07) is 13.0. The molecule has 6 nitrogen and oxygen atoms in total. The summed E-state index contributed by atoms with van der Waals surface area (Å²) in [5, 5.41) is 2.60. The molecule has 0 unspecified atom stereocenters. The molecule has 0 saturated carbocycles. The molecular formula is C18H17NO5. The van der Waals surface area contributed by atoms with Crippen LogP contribution < -0.4 is 10.1 Å². The third-order valence-corrected chi connectivity index (χ3v) is 3.22. The van der Waals surface area contributed by atoms with Crippen LogP contribution in [0.25, 0.3) is 0 Å². The van der Waals surface area contributed by atoms with Crippen molar-refractivity contribution >= 4 is 23.3 Å². The molecule has 24 heavy (non-hydrogen) atoms. The van der Waals surface area contributed by atoms with Gasteiger partial charge in [-0.3, -0.25) is 9.59 Å². The van der Waals surface area contributed by atoms with E-state index in [0.29, 0.717) is 17.0 Å². The van der Waals surface area contributed by atoms with Gasteiger partial charge in [-0.15, -0.1) is 0 Å². The summed E-state index contributed by atoms with van der Waals surface area (Å²) in [6.07, 6.45) is 0. The summed E-state index contributed by atoms with van der Waals surface area (Å²) in [5.41, 5.74) is 1.11. The smallest absolute Gasteiger partial charge is 0.338 e. The molecule has 0 saturated heterocycles. The average Bonchev–Trinajstić information content (AvgIpc) is 2.60. The largest absolute Gasteiger partial charge is 0.495 e. The number of hydrogen-bond donors (Lipinski definition) is 1. The molecule has 0 aliphatic heterocycles. The lowest BCUT2D eigenvalue weighted by Crippen LogP contribution is -2.21. The number of carbonyl (C=O) groups is 3. The maximum absolute atomic E-state index is 12.0. The Morgan fingerprint density at radius 1 is 1.00 bits per heavy atom. The minimum Gasteiger partial charge on any atom is -0.495 e. The summed E-state index contributed by atoms with van der Waals surface area (Å²) in [6.45, 7) is 0.965. The van der Waals surface area contributed by atoms with Gasteiger partial charge in [-0.25, -0.2) is 4.79 Å². The number of hydrogen-bond acceptors (Lipinski definition) is 5. The number of esters is 1. The Morgan fingerprint density at radius 3 is 2.42 bits per heavy atom. The van der Waals surface area contributed by atoms with Crippen LogP contribution >= 0.6 is 0 Å². The van der Waals surface area contributed by atoms with E-state index in [1.54, 1.807) is 36.4 Å². The van der Waals surface area contributed by atoms with Gasteiger partial charge >= 0.3 is 5.97 Å². The molecule has 0 heterocycles. The van der Waals surface area contributed by atoms with Gasteiger partial charge in [0, 0.05) is 5.56 Å². The first-order valence-corrected chi connectivity index (χ1v) is 7.22. The molecule has 0 fully saturated rings. The van der Waals surface area contributed by atoms with E-state index < -0.39 is 18.5 Å². The second kappa shape index (κ2) is 7.92. The van der Waals surface area contributed by atoms with Gasteiger partial charge in [-0.2, -0.15) is 0 Å². The molecule has 0 radical (unpaired) electrons. The van der Waals surface area contributed by atoms with Crippen LogP contribution in [-0.4, -0.2) is 31.4 Å². The fourth-order valence-electron chi connectivity index (χ4n) is 2.01. The van der Waals surface area contributed by atoms with Gasteiger partial charge < -0.3 is 14.8 Å². The van der Waals surface area contributed by atoms with Crippen molar-refractivity contribution in [3.8, 4) is 5.75 Å². The average molecular weight is 327 g/mol. The topological polar surface area (TPSA) is 81.7 Å². The SMILES string of the molecule is COc1ccccc1NC(=O)COC(=O)c1cccc(C(C)=O)c1. The number of rotatable bonds is 6. The number of amides is 1. The minimum atomic E-state index is -0.673. The fourth-order valence-corrected chi connectivity index (χ4v) is 2.01. The van der Waals surface area contributed by atoms with Gasteiger partial charge in [0.2, 0.25) is 0 Å². The van der Waals surface area contributed by atoms with Crippen LogP contribution in [0.15, 0.2) is 48.5 Å². The zero-order chi connectivity index (χ0) is 17.5. The zero-order valence-corrected chi connectivity index (χ0v) is 13.4. The van der Waals surface area contributed by atoms with Crippen LogP contribution in [0.3, 0.4) is 0 Å². The lowest BCUT2D eigenvalue weighted by atomic mass is 10.1. The summed E-state index contributed by atoms with van der Waals surface area (Å²) in [5.74, 6) is -0.811. The highest BCUT2D eigenvalue weighted by Gasteiger charge is 2.13. The number of anilines is 1. The Morgan fingerprint density at radius 2 is 1.71 bits per heavy atom. The number of carbonyl (C=O) groups excluding carboxylic acids is 3. The van der Waals surface area contributed by atoms with Crippen molar-refractivity contribution in [2.24, 2.45) is 0 Å². The molecule has 0 atom stereocenters. The molecule has 0 aromatic heterocycles. The monoisotopic (exact) mass is 327 g/mol. The van der Waals surface area contributed by atoms with Crippen LogP contribution in [0.1, 0.15) is 27.6 Å². The van der Waals surface area contributed by atoms with Crippen molar-refractivity contribution in [3.05, 3.63) is 59.7 Å². The molecule has 1 amide bonds. The lowest BCUT2D eigenvalue weighted by Gasteiger charge is -2.10. The minimum absolute atomic E-state index is 0.154. The second-order valence-corrected chi connectivity index (χ2v) is 4.96. The van der Waals surface area contributed by atoms with E-state index in [9.17, 15) is 14.4 Å². The third kappa shape index (κ3) is 4.42. The molecule has 0 aliphatic rings. The summed E-state index contributed by atoms with van der Waals surface area (Å²) in [7, 11) is 1.49. The number of ketones is 1. The number of ether oxygens (including phenoxy) is 2. The second-order valence-electron chi connectivity index (χ2n) is 4.96. The van der Waals surface area contributed by atoms with Crippen LogP contribution in [0.5, 0.6) is 5.75 Å². The maximum Gasteiger partial charge on any atom is 0.338 e. The lowest BCUT2D eigenvalue weighted by molar-refractivity contribution is -0.119. The standard InChI is InChI=1S/C18H17NO5/c1-12(20)13-6-5-7-14(10-13)18(22)24-11-17(21)19-15-8-3-4-9-16(15)23-2/h3-10H,11H2,1-2H3,(H,19,21). The van der Waals surface area contributed by atoms with Gasteiger partial charge in [0.1, 0.15) is 5.75 Å². The van der Waals surface area contributed by atoms with Crippen molar-refractivity contribution in [2.45, 2.75) is 6.92 Å². The normalized spacial score (nSPS) is 9.92. The van der Waals surface area contributed by atoms with Crippen molar-refractivity contribution in [2.75, 3.05) is 19.0 Å². The van der Waals surface area contributed by atoms with Crippen LogP contribution in [0, 0.1) is 0 Å². The zero-order valence-electron chi connectivity index (χ0n) is 13.4. The predicted octanol–water partition coefficient (Wildman–Crippen LogP) is 2.69. The van der Waals surface area contributed by atoms with Crippen LogP contribution in [0.2, 0.25) is 0 Å². The van der Waals surface area contributed by atoms with E-state index >= 15 is 0 Å². The number of Topliss-reactive ketones (excluding diaryl/α,β-unsaturated/α-hetero) is 1. The quantitative estimate of drug-likeness (QED) is 0.651. The summed E-state index contributed by atoms with van der Waals surface area (Å²) >= 11 is 0. The van der Waals surface area contributed by atoms with Gasteiger partial charge in [0.25, 0.3) is 5.91 Å². The first kappa shape index (κ1) is 17.2. The van der Waals surface area contributed by atoms with Gasteiger partial charge in [0.15, 0.2) is 12.4 Å². The van der Waals surface area contributed by atoms with Gasteiger partial charge in [-0.05, 0) is 31.2 Å². The molecule has 0 aliphatic carbocycles. The summed E-state index contributed by atoms with van der Waals surface area (Å²) < 4.78 is 10.1. The molecular weight excluding hydrogens is 310 g/mol. The Kier molecular flexibility index (Phi) is 5.68. The maximum atomic E-state index is 12.0. The Balaban J connectivity index is 1.95. The van der Waals surface area contributed by atoms with E-state index in [1.165, 1.54) is 26.2 Å². The van der Waals surface area contributed by atoms with Crippen molar-refractivity contribution in [3.63, 3.8) is 0 Å².